The lowest BCUT2D eigenvalue weighted by atomic mass is 10.2. The van der Waals surface area contributed by atoms with Crippen LogP contribution >= 0.6 is 0 Å². The van der Waals surface area contributed by atoms with Gasteiger partial charge >= 0.3 is 8.80 Å². The molecule has 0 unspecified atom stereocenters. The van der Waals surface area contributed by atoms with Crippen molar-refractivity contribution in [3.63, 3.8) is 0 Å². The van der Waals surface area contributed by atoms with Crippen molar-refractivity contribution in [2.75, 3.05) is 26.4 Å². The first-order valence-corrected chi connectivity index (χ1v) is 10.7. The van der Waals surface area contributed by atoms with E-state index < -0.39 is 8.80 Å². The predicted octanol–water partition coefficient (Wildman–Crippen LogP) is 4.36. The van der Waals surface area contributed by atoms with Crippen molar-refractivity contribution in [1.29, 1.82) is 0 Å². The summed E-state index contributed by atoms with van der Waals surface area (Å²) >= 11 is 0. The van der Waals surface area contributed by atoms with E-state index in [0.29, 0.717) is 26.4 Å². The number of hydrogen-bond donors (Lipinski definition) is 1. The molecule has 0 aliphatic heterocycles. The van der Waals surface area contributed by atoms with Crippen molar-refractivity contribution in [2.24, 2.45) is 5.73 Å². The lowest BCUT2D eigenvalue weighted by molar-refractivity contribution is 0.0710. The fourth-order valence-corrected chi connectivity index (χ4v) is 4.64. The van der Waals surface area contributed by atoms with Crippen LogP contribution in [0.1, 0.15) is 73.1 Å². The Hall–Kier alpha value is 0.0569. The van der Waals surface area contributed by atoms with Gasteiger partial charge in [-0.15, -0.1) is 0 Å². The fourth-order valence-electron chi connectivity index (χ4n) is 2.00. The normalized spacial score (nSPS) is 11.1. The number of hydrogen-bond acceptors (Lipinski definition) is 4. The first-order chi connectivity index (χ1) is 10.2. The Kier molecular flexibility index (Phi) is 20.1. The zero-order valence-corrected chi connectivity index (χ0v) is 16.1. The molecule has 0 amide bonds. The van der Waals surface area contributed by atoms with E-state index >= 15 is 0 Å². The minimum atomic E-state index is -2.40. The number of unbranched alkanes of at least 4 members (excludes halogenated alkanes) is 4. The van der Waals surface area contributed by atoms with Crippen molar-refractivity contribution >= 4 is 8.80 Å². The molecule has 0 aliphatic carbocycles. The molecular weight excluding hydrogens is 282 g/mol. The van der Waals surface area contributed by atoms with Crippen molar-refractivity contribution in [1.82, 2.24) is 0 Å². The second-order valence-corrected chi connectivity index (χ2v) is 7.67. The van der Waals surface area contributed by atoms with Crippen LogP contribution < -0.4 is 5.73 Å². The van der Waals surface area contributed by atoms with Crippen LogP contribution in [0.4, 0.5) is 0 Å². The average molecular weight is 322 g/mol. The van der Waals surface area contributed by atoms with Gasteiger partial charge in [-0.05, 0) is 33.7 Å². The van der Waals surface area contributed by atoms with Gasteiger partial charge in [0.25, 0.3) is 0 Å². The summed E-state index contributed by atoms with van der Waals surface area (Å²) in [6, 6.07) is 0.818. The molecule has 0 radical (unpaired) electrons. The zero-order valence-electron chi connectivity index (χ0n) is 15.1. The van der Waals surface area contributed by atoms with Crippen LogP contribution in [0.5, 0.6) is 0 Å². The summed E-state index contributed by atoms with van der Waals surface area (Å²) in [7, 11) is -2.40. The minimum Gasteiger partial charge on any atom is -0.374 e. The highest BCUT2D eigenvalue weighted by molar-refractivity contribution is 6.60. The molecule has 130 valence electrons. The molecule has 0 aromatic rings. The summed E-state index contributed by atoms with van der Waals surface area (Å²) < 4.78 is 17.0. The highest BCUT2D eigenvalue weighted by Gasteiger charge is 2.39. The van der Waals surface area contributed by atoms with Crippen LogP contribution in [-0.4, -0.2) is 35.2 Å². The van der Waals surface area contributed by atoms with Gasteiger partial charge in [0.15, 0.2) is 0 Å². The van der Waals surface area contributed by atoms with Gasteiger partial charge in [0.1, 0.15) is 0 Å². The summed E-state index contributed by atoms with van der Waals surface area (Å²) in [5.41, 5.74) is 5.48. The predicted molar refractivity (Wildman–Crippen MR) is 93.5 cm³/mol. The van der Waals surface area contributed by atoms with E-state index in [9.17, 15) is 0 Å². The van der Waals surface area contributed by atoms with Crippen molar-refractivity contribution in [3.8, 4) is 0 Å². The largest absolute Gasteiger partial charge is 0.500 e. The molecule has 4 nitrogen and oxygen atoms in total. The molecule has 0 atom stereocenters. The minimum absolute atomic E-state index is 0.636. The van der Waals surface area contributed by atoms with E-state index in [0.717, 1.165) is 12.5 Å². The third kappa shape index (κ3) is 14.7. The standard InChI is InChI=1S/C9H23NO3Si.C7H16/c1-4-11-14(12-5-2,13-6-3)9-7-8-10;1-3-5-7-6-4-2/h4-10H2,1-3H3;3-7H2,1-2H3. The van der Waals surface area contributed by atoms with Gasteiger partial charge in [0.2, 0.25) is 0 Å². The molecule has 0 saturated carbocycles. The maximum atomic E-state index is 5.65. The second-order valence-electron chi connectivity index (χ2n) is 4.93. The molecule has 0 bridgehead atoms. The van der Waals surface area contributed by atoms with Gasteiger partial charge < -0.3 is 19.0 Å². The first kappa shape index (κ1) is 23.3. The third-order valence-electron chi connectivity index (χ3n) is 2.99. The summed E-state index contributed by atoms with van der Waals surface area (Å²) in [4.78, 5) is 0. The summed E-state index contributed by atoms with van der Waals surface area (Å²) in [6.45, 7) is 12.9. The Morgan fingerprint density at radius 2 is 1.10 bits per heavy atom. The summed E-state index contributed by atoms with van der Waals surface area (Å²) in [6.07, 6.45) is 7.90. The highest BCUT2D eigenvalue weighted by Crippen LogP contribution is 2.17. The SMILES string of the molecule is CCCCCCC.CCO[Si](CCCN)(OCC)OCC. The topological polar surface area (TPSA) is 53.7 Å². The van der Waals surface area contributed by atoms with Crippen LogP contribution in [0.25, 0.3) is 0 Å². The van der Waals surface area contributed by atoms with E-state index in [2.05, 4.69) is 13.8 Å². The van der Waals surface area contributed by atoms with E-state index in [1.165, 1.54) is 32.1 Å². The van der Waals surface area contributed by atoms with Gasteiger partial charge in [-0.1, -0.05) is 46.0 Å². The van der Waals surface area contributed by atoms with Crippen LogP contribution in [0.2, 0.25) is 6.04 Å². The van der Waals surface area contributed by atoms with Gasteiger partial charge in [0.05, 0.1) is 0 Å². The molecule has 0 heterocycles. The molecule has 0 spiro atoms. The zero-order chi connectivity index (χ0) is 16.4. The molecular formula is C16H39NO3Si. The lowest BCUT2D eigenvalue weighted by Crippen LogP contribution is -2.46. The van der Waals surface area contributed by atoms with Crippen molar-refractivity contribution in [2.45, 2.75) is 79.2 Å². The van der Waals surface area contributed by atoms with Gasteiger partial charge in [0, 0.05) is 25.9 Å². The maximum absolute atomic E-state index is 5.65. The Labute approximate surface area is 134 Å². The molecule has 5 heteroatoms. The Morgan fingerprint density at radius 3 is 1.38 bits per heavy atom. The van der Waals surface area contributed by atoms with E-state index in [-0.39, 0.29) is 0 Å². The molecule has 2 N–H and O–H groups in total. The number of nitrogens with two attached hydrogens (primary N) is 1. The maximum Gasteiger partial charge on any atom is 0.500 e. The molecule has 0 aromatic carbocycles. The molecule has 0 aliphatic rings. The monoisotopic (exact) mass is 321 g/mol. The van der Waals surface area contributed by atoms with Crippen molar-refractivity contribution < 1.29 is 13.3 Å². The summed E-state index contributed by atoms with van der Waals surface area (Å²) in [5, 5.41) is 0. The van der Waals surface area contributed by atoms with E-state index in [4.69, 9.17) is 19.0 Å². The Morgan fingerprint density at radius 1 is 0.667 bits per heavy atom. The smallest absolute Gasteiger partial charge is 0.374 e. The Bertz CT molecular complexity index is 173. The van der Waals surface area contributed by atoms with Crippen LogP contribution in [0, 0.1) is 0 Å². The highest BCUT2D eigenvalue weighted by atomic mass is 28.4. The molecule has 0 aromatic heterocycles. The molecule has 21 heavy (non-hydrogen) atoms. The van der Waals surface area contributed by atoms with Gasteiger partial charge in [-0.25, -0.2) is 0 Å². The molecule has 0 rings (SSSR count). The summed E-state index contributed by atoms with van der Waals surface area (Å²) in [5.74, 6) is 0. The average Bonchev–Trinajstić information content (AvgIpc) is 2.47. The quantitative estimate of drug-likeness (QED) is 0.404. The molecule has 0 fully saturated rings. The lowest BCUT2D eigenvalue weighted by Gasteiger charge is -2.28. The van der Waals surface area contributed by atoms with E-state index in [1.54, 1.807) is 0 Å². The second kappa shape index (κ2) is 18.1. The van der Waals surface area contributed by atoms with Gasteiger partial charge in [-0.2, -0.15) is 0 Å². The van der Waals surface area contributed by atoms with Crippen LogP contribution in [0.15, 0.2) is 0 Å². The number of rotatable bonds is 13. The Balaban J connectivity index is 0. The van der Waals surface area contributed by atoms with Gasteiger partial charge in [-0.3, -0.25) is 0 Å². The van der Waals surface area contributed by atoms with Crippen LogP contribution in [0.3, 0.4) is 0 Å². The van der Waals surface area contributed by atoms with Crippen LogP contribution in [-0.2, 0) is 13.3 Å². The van der Waals surface area contributed by atoms with E-state index in [1.807, 2.05) is 20.8 Å². The first-order valence-electron chi connectivity index (χ1n) is 8.78. The molecule has 0 saturated heterocycles. The van der Waals surface area contributed by atoms with Crippen molar-refractivity contribution in [3.05, 3.63) is 0 Å². The fraction of sp³-hybridized carbons (Fsp3) is 1.00. The third-order valence-corrected chi connectivity index (χ3v) is 6.14.